The fraction of sp³-hybridized carbons (Fsp3) is 1.00. The normalized spacial score (nSPS) is 65.7. The summed E-state index contributed by atoms with van der Waals surface area (Å²) in [7, 11) is 0. The van der Waals surface area contributed by atoms with Gasteiger partial charge in [0.05, 0.1) is 0 Å². The summed E-state index contributed by atoms with van der Waals surface area (Å²) in [6, 6.07) is 0. The minimum Gasteiger partial charge on any atom is -0.0654 e. The van der Waals surface area contributed by atoms with Gasteiger partial charge in [0, 0.05) is 0 Å². The Labute approximate surface area is 70.4 Å². The van der Waals surface area contributed by atoms with Crippen LogP contribution < -0.4 is 0 Å². The SMILES string of the molecule is CCCC1(C)C2(C)C(C)C12C. The van der Waals surface area contributed by atoms with Crippen LogP contribution in [0.1, 0.15) is 47.5 Å². The molecule has 2 aliphatic rings. The first-order chi connectivity index (χ1) is 4.97. The van der Waals surface area contributed by atoms with Gasteiger partial charge in [-0.25, -0.2) is 0 Å². The van der Waals surface area contributed by atoms with Crippen LogP contribution in [0.4, 0.5) is 0 Å². The van der Waals surface area contributed by atoms with E-state index in [0.29, 0.717) is 5.41 Å². The third-order valence-corrected chi connectivity index (χ3v) is 5.71. The van der Waals surface area contributed by atoms with E-state index in [1.807, 2.05) is 0 Å². The van der Waals surface area contributed by atoms with Crippen LogP contribution in [0.25, 0.3) is 0 Å². The molecule has 11 heavy (non-hydrogen) atoms. The van der Waals surface area contributed by atoms with Crippen molar-refractivity contribution >= 4 is 0 Å². The molecule has 0 aliphatic heterocycles. The first-order valence-corrected chi connectivity index (χ1v) is 4.97. The second kappa shape index (κ2) is 1.53. The first-order valence-electron chi connectivity index (χ1n) is 4.97. The third-order valence-electron chi connectivity index (χ3n) is 5.71. The number of fused-ring (bicyclic) bond motifs is 1. The molecule has 0 aromatic carbocycles. The van der Waals surface area contributed by atoms with Crippen LogP contribution in [-0.2, 0) is 0 Å². The highest BCUT2D eigenvalue weighted by atomic mass is 15.0. The highest BCUT2D eigenvalue weighted by molar-refractivity contribution is 5.42. The summed E-state index contributed by atoms with van der Waals surface area (Å²) in [5, 5.41) is 0. The van der Waals surface area contributed by atoms with Gasteiger partial charge in [0.1, 0.15) is 0 Å². The fourth-order valence-corrected chi connectivity index (χ4v) is 4.24. The maximum atomic E-state index is 2.48. The van der Waals surface area contributed by atoms with Gasteiger partial charge in [-0.15, -0.1) is 0 Å². The Morgan fingerprint density at radius 1 is 1.09 bits per heavy atom. The largest absolute Gasteiger partial charge is 0.0654 e. The van der Waals surface area contributed by atoms with Crippen molar-refractivity contribution in [1.82, 2.24) is 0 Å². The molecular formula is C11H20. The number of hydrogen-bond acceptors (Lipinski definition) is 0. The second-order valence-corrected chi connectivity index (χ2v) is 5.21. The van der Waals surface area contributed by atoms with Crippen molar-refractivity contribution in [2.75, 3.05) is 0 Å². The molecule has 0 heteroatoms. The van der Waals surface area contributed by atoms with E-state index < -0.39 is 0 Å². The average Bonchev–Trinajstić information content (AvgIpc) is 2.55. The molecule has 0 heterocycles. The molecule has 0 amide bonds. The second-order valence-electron chi connectivity index (χ2n) is 5.21. The molecule has 0 spiro atoms. The number of hydrogen-bond donors (Lipinski definition) is 0. The van der Waals surface area contributed by atoms with Gasteiger partial charge >= 0.3 is 0 Å². The smallest absolute Gasteiger partial charge is 0.0173 e. The summed E-state index contributed by atoms with van der Waals surface area (Å²) in [5.74, 6) is 0.992. The number of rotatable bonds is 2. The van der Waals surface area contributed by atoms with E-state index in [1.165, 1.54) is 12.8 Å². The summed E-state index contributed by atoms with van der Waals surface area (Å²) in [4.78, 5) is 0. The maximum Gasteiger partial charge on any atom is -0.0173 e. The summed E-state index contributed by atoms with van der Waals surface area (Å²) in [6.45, 7) is 12.2. The van der Waals surface area contributed by atoms with Crippen LogP contribution in [-0.4, -0.2) is 0 Å². The lowest BCUT2D eigenvalue weighted by Gasteiger charge is -2.27. The van der Waals surface area contributed by atoms with Crippen molar-refractivity contribution in [3.8, 4) is 0 Å². The Morgan fingerprint density at radius 2 is 1.55 bits per heavy atom. The average molecular weight is 152 g/mol. The molecule has 0 nitrogen and oxygen atoms in total. The fourth-order valence-electron chi connectivity index (χ4n) is 4.24. The van der Waals surface area contributed by atoms with E-state index in [-0.39, 0.29) is 0 Å². The summed E-state index contributed by atoms with van der Waals surface area (Å²) < 4.78 is 0. The molecule has 0 radical (unpaired) electrons. The van der Waals surface area contributed by atoms with Crippen LogP contribution in [0.5, 0.6) is 0 Å². The molecule has 0 saturated heterocycles. The van der Waals surface area contributed by atoms with Gasteiger partial charge in [-0.05, 0) is 28.6 Å². The standard InChI is InChI=1S/C11H20/c1-6-7-9(3)10(4)8(2)11(9,10)5/h8H,6-7H2,1-5H3. The first kappa shape index (κ1) is 7.64. The molecule has 0 bridgehead atoms. The zero-order valence-electron chi connectivity index (χ0n) is 8.49. The molecule has 2 saturated carbocycles. The van der Waals surface area contributed by atoms with E-state index >= 15 is 0 Å². The molecule has 0 aromatic rings. The van der Waals surface area contributed by atoms with Crippen LogP contribution in [0.15, 0.2) is 0 Å². The molecule has 2 atom stereocenters. The Hall–Kier alpha value is 0. The van der Waals surface area contributed by atoms with Gasteiger partial charge in [-0.3, -0.25) is 0 Å². The van der Waals surface area contributed by atoms with E-state index in [2.05, 4.69) is 34.6 Å². The predicted molar refractivity (Wildman–Crippen MR) is 48.4 cm³/mol. The molecule has 64 valence electrons. The van der Waals surface area contributed by atoms with Gasteiger partial charge in [0.2, 0.25) is 0 Å². The van der Waals surface area contributed by atoms with Crippen molar-refractivity contribution < 1.29 is 0 Å². The van der Waals surface area contributed by atoms with E-state index in [0.717, 1.165) is 16.7 Å². The maximum absolute atomic E-state index is 2.48. The monoisotopic (exact) mass is 152 g/mol. The summed E-state index contributed by atoms with van der Waals surface area (Å²) >= 11 is 0. The van der Waals surface area contributed by atoms with Crippen molar-refractivity contribution in [2.24, 2.45) is 22.2 Å². The zero-order valence-corrected chi connectivity index (χ0v) is 8.49. The minimum atomic E-state index is 0.703. The molecule has 0 aromatic heterocycles. The van der Waals surface area contributed by atoms with Crippen LogP contribution in [0, 0.1) is 22.2 Å². The van der Waals surface area contributed by atoms with Crippen molar-refractivity contribution in [3.05, 3.63) is 0 Å². The summed E-state index contributed by atoms with van der Waals surface area (Å²) in [5.41, 5.74) is 2.14. The van der Waals surface area contributed by atoms with Gasteiger partial charge in [-0.1, -0.05) is 41.0 Å². The van der Waals surface area contributed by atoms with Gasteiger partial charge in [0.25, 0.3) is 0 Å². The van der Waals surface area contributed by atoms with Crippen molar-refractivity contribution in [1.29, 1.82) is 0 Å². The molecule has 2 fully saturated rings. The Kier molecular flexibility index (Phi) is 1.06. The molecule has 0 N–H and O–H groups in total. The lowest BCUT2D eigenvalue weighted by molar-refractivity contribution is 0.217. The van der Waals surface area contributed by atoms with Gasteiger partial charge < -0.3 is 0 Å². The van der Waals surface area contributed by atoms with Gasteiger partial charge in [0.15, 0.2) is 0 Å². The summed E-state index contributed by atoms with van der Waals surface area (Å²) in [6.07, 6.45) is 2.79. The van der Waals surface area contributed by atoms with Crippen molar-refractivity contribution in [3.63, 3.8) is 0 Å². The Morgan fingerprint density at radius 3 is 1.82 bits per heavy atom. The van der Waals surface area contributed by atoms with E-state index in [9.17, 15) is 0 Å². The predicted octanol–water partition coefficient (Wildman–Crippen LogP) is 3.47. The van der Waals surface area contributed by atoms with Crippen LogP contribution in [0.2, 0.25) is 0 Å². The van der Waals surface area contributed by atoms with E-state index in [1.54, 1.807) is 0 Å². The lowest BCUT2D eigenvalue weighted by Crippen LogP contribution is -2.20. The Bertz CT molecular complexity index is 190. The van der Waals surface area contributed by atoms with Crippen LogP contribution >= 0.6 is 0 Å². The van der Waals surface area contributed by atoms with Crippen molar-refractivity contribution in [2.45, 2.75) is 47.5 Å². The minimum absolute atomic E-state index is 0.703. The van der Waals surface area contributed by atoms with Crippen LogP contribution in [0.3, 0.4) is 0 Å². The molecule has 2 unspecified atom stereocenters. The Balaban J connectivity index is 2.15. The highest BCUT2D eigenvalue weighted by Crippen LogP contribution is 3.00. The third kappa shape index (κ3) is 0.421. The topological polar surface area (TPSA) is 0 Å². The quantitative estimate of drug-likeness (QED) is 0.568. The highest BCUT2D eigenvalue weighted by Gasteiger charge is 2.96. The molecular weight excluding hydrogens is 132 g/mol. The van der Waals surface area contributed by atoms with E-state index in [4.69, 9.17) is 0 Å². The molecule has 2 aliphatic carbocycles. The lowest BCUT2D eigenvalue weighted by atomic mass is 9.77. The zero-order chi connectivity index (χ0) is 8.49. The molecule has 2 rings (SSSR count). The van der Waals surface area contributed by atoms with Gasteiger partial charge in [-0.2, -0.15) is 0 Å².